The number of hydrogen-bond acceptors (Lipinski definition) is 5. The van der Waals surface area contributed by atoms with E-state index >= 15 is 0 Å². The molecule has 0 saturated heterocycles. The van der Waals surface area contributed by atoms with Crippen LogP contribution in [0, 0.1) is 11.3 Å². The quantitative estimate of drug-likeness (QED) is 0.535. The van der Waals surface area contributed by atoms with E-state index in [1.54, 1.807) is 41.3 Å². The van der Waals surface area contributed by atoms with Gasteiger partial charge in [0.2, 0.25) is 5.91 Å². The van der Waals surface area contributed by atoms with Gasteiger partial charge in [-0.2, -0.15) is 23.5 Å². The van der Waals surface area contributed by atoms with E-state index in [9.17, 15) is 23.2 Å². The van der Waals surface area contributed by atoms with Gasteiger partial charge in [0.15, 0.2) is 0 Å². The Balaban J connectivity index is 1.78. The van der Waals surface area contributed by atoms with E-state index in [-0.39, 0.29) is 23.9 Å². The Morgan fingerprint density at radius 3 is 2.79 bits per heavy atom. The number of hydrogen-bond donors (Lipinski definition) is 1. The number of halogens is 3. The number of rotatable bonds is 5. The smallest absolute Gasteiger partial charge is 0.333 e. The second-order valence-corrected chi connectivity index (χ2v) is 9.42. The number of aromatic amines is 1. The number of carbonyl (C=O) groups excluding carboxylic acids is 1. The van der Waals surface area contributed by atoms with Crippen LogP contribution < -0.4 is 0 Å². The second-order valence-electron chi connectivity index (χ2n) is 8.28. The van der Waals surface area contributed by atoms with Gasteiger partial charge in [0, 0.05) is 35.5 Å². The molecule has 3 heterocycles. The normalized spacial score (nSPS) is 16.1. The lowest BCUT2D eigenvalue weighted by atomic mass is 9.83. The van der Waals surface area contributed by atoms with Crippen molar-refractivity contribution in [2.45, 2.75) is 18.6 Å². The summed E-state index contributed by atoms with van der Waals surface area (Å²) in [7, 11) is 3.80. The molecule has 2 aromatic heterocycles. The summed E-state index contributed by atoms with van der Waals surface area (Å²) in [5.41, 5.74) is 0.940. The molecule has 0 aliphatic carbocycles. The Bertz CT molecular complexity index is 1270. The van der Waals surface area contributed by atoms with Crippen LogP contribution in [0.4, 0.5) is 13.2 Å². The first-order chi connectivity index (χ1) is 16.2. The minimum Gasteiger partial charge on any atom is -0.333 e. The third kappa shape index (κ3) is 4.76. The lowest BCUT2D eigenvalue weighted by Gasteiger charge is -2.33. The van der Waals surface area contributed by atoms with Crippen molar-refractivity contribution in [1.29, 1.82) is 5.26 Å². The summed E-state index contributed by atoms with van der Waals surface area (Å²) in [6, 6.07) is 10.8. The van der Waals surface area contributed by atoms with Gasteiger partial charge in [0.1, 0.15) is 16.6 Å². The van der Waals surface area contributed by atoms with E-state index in [1.807, 2.05) is 19.0 Å². The average molecular weight is 486 g/mol. The molecule has 176 valence electrons. The molecule has 0 saturated carbocycles. The number of nitriles is 1. The molecule has 0 radical (unpaired) electrons. The molecule has 34 heavy (non-hydrogen) atoms. The van der Waals surface area contributed by atoms with Crippen molar-refractivity contribution in [3.05, 3.63) is 75.3 Å². The van der Waals surface area contributed by atoms with Gasteiger partial charge >= 0.3 is 6.18 Å². The van der Waals surface area contributed by atoms with Crippen molar-refractivity contribution in [3.63, 3.8) is 0 Å². The predicted molar refractivity (Wildman–Crippen MR) is 123 cm³/mol. The minimum atomic E-state index is -4.59. The first kappa shape index (κ1) is 23.7. The maximum atomic E-state index is 13.6. The number of nitrogens with zero attached hydrogens (tertiary/aromatic N) is 4. The third-order valence-electron chi connectivity index (χ3n) is 5.66. The van der Waals surface area contributed by atoms with Crippen LogP contribution in [0.25, 0.3) is 11.1 Å². The summed E-state index contributed by atoms with van der Waals surface area (Å²) in [6.45, 7) is 1.25. The van der Waals surface area contributed by atoms with Gasteiger partial charge in [-0.05, 0) is 36.9 Å². The van der Waals surface area contributed by atoms with E-state index < -0.39 is 11.9 Å². The fraction of sp³-hybridized carbons (Fsp3) is 0.292. The molecular weight excluding hydrogens is 463 g/mol. The Morgan fingerprint density at radius 1 is 1.32 bits per heavy atom. The highest BCUT2D eigenvalue weighted by Gasteiger charge is 2.38. The first-order valence-corrected chi connectivity index (χ1v) is 11.3. The highest BCUT2D eigenvalue weighted by molar-refractivity contribution is 7.12. The maximum absolute atomic E-state index is 13.6. The number of amides is 1. The predicted octanol–water partition coefficient (Wildman–Crippen LogP) is 4.62. The van der Waals surface area contributed by atoms with Gasteiger partial charge in [0.25, 0.3) is 0 Å². The van der Waals surface area contributed by atoms with Gasteiger partial charge in [0.05, 0.1) is 12.7 Å². The number of alkyl halides is 3. The summed E-state index contributed by atoms with van der Waals surface area (Å²) in [6.07, 6.45) is -0.124. The fourth-order valence-electron chi connectivity index (χ4n) is 4.13. The number of thiophene rings is 1. The topological polar surface area (TPSA) is 76.0 Å². The number of H-pyrrole nitrogens is 1. The fourth-order valence-corrected chi connectivity index (χ4v) is 5.17. The zero-order valence-corrected chi connectivity index (χ0v) is 19.4. The Hall–Kier alpha value is -3.42. The standard InChI is InChI=1S/C24H22F3N5OS/c1-31(2)9-5-8-22(33)32-13-20(18-10-15(11-28)34-21(18)14-32)17-7-4-3-6-16(17)19-12-29-30-23(19)24(25,26)27/h3-8,10,12,20H,9,13-14H2,1-2H3,(H,29,30)/b8-5+. The van der Waals surface area contributed by atoms with Crippen LogP contribution in [-0.4, -0.2) is 53.1 Å². The molecule has 1 aliphatic rings. The summed E-state index contributed by atoms with van der Waals surface area (Å²) >= 11 is 1.31. The molecule has 4 rings (SSSR count). The second kappa shape index (κ2) is 9.44. The van der Waals surface area contributed by atoms with E-state index in [4.69, 9.17) is 0 Å². The SMILES string of the molecule is CN(C)C/C=C/C(=O)N1Cc2sc(C#N)cc2C(c2ccccc2-c2cn[nH]c2C(F)(F)F)C1. The third-order valence-corrected chi connectivity index (χ3v) is 6.70. The highest BCUT2D eigenvalue weighted by atomic mass is 32.1. The van der Waals surface area contributed by atoms with Crippen LogP contribution in [0.5, 0.6) is 0 Å². The minimum absolute atomic E-state index is 0.0466. The molecule has 10 heteroatoms. The number of fused-ring (bicyclic) bond motifs is 1. The van der Waals surface area contributed by atoms with E-state index in [1.165, 1.54) is 23.6 Å². The van der Waals surface area contributed by atoms with Crippen molar-refractivity contribution in [2.24, 2.45) is 0 Å². The summed E-state index contributed by atoms with van der Waals surface area (Å²) in [5, 5.41) is 15.2. The van der Waals surface area contributed by atoms with Crippen LogP contribution in [0.1, 0.15) is 32.5 Å². The van der Waals surface area contributed by atoms with Crippen molar-refractivity contribution in [3.8, 4) is 17.2 Å². The molecule has 1 N–H and O–H groups in total. The van der Waals surface area contributed by atoms with Crippen LogP contribution in [0.2, 0.25) is 0 Å². The molecule has 1 unspecified atom stereocenters. The van der Waals surface area contributed by atoms with E-state index in [0.29, 0.717) is 29.1 Å². The van der Waals surface area contributed by atoms with Crippen molar-refractivity contribution in [1.82, 2.24) is 20.0 Å². The number of aromatic nitrogens is 2. The van der Waals surface area contributed by atoms with Crippen molar-refractivity contribution >= 4 is 17.2 Å². The molecule has 0 fully saturated rings. The van der Waals surface area contributed by atoms with Gasteiger partial charge in [-0.15, -0.1) is 11.3 Å². The van der Waals surface area contributed by atoms with Gasteiger partial charge in [-0.25, -0.2) is 0 Å². The first-order valence-electron chi connectivity index (χ1n) is 10.5. The van der Waals surface area contributed by atoms with Crippen LogP contribution in [0.15, 0.2) is 48.7 Å². The maximum Gasteiger partial charge on any atom is 0.433 e. The molecular formula is C24H22F3N5OS. The van der Waals surface area contributed by atoms with Gasteiger partial charge < -0.3 is 9.80 Å². The highest BCUT2D eigenvalue weighted by Crippen LogP contribution is 2.43. The lowest BCUT2D eigenvalue weighted by molar-refractivity contribution is -0.140. The number of likely N-dealkylation sites (N-methyl/N-ethyl adjacent to an activating group) is 1. The van der Waals surface area contributed by atoms with E-state index in [2.05, 4.69) is 16.3 Å². The van der Waals surface area contributed by atoms with Crippen LogP contribution >= 0.6 is 11.3 Å². The average Bonchev–Trinajstić information content (AvgIpc) is 3.45. The lowest BCUT2D eigenvalue weighted by Crippen LogP contribution is -2.37. The van der Waals surface area contributed by atoms with Gasteiger partial charge in [-0.1, -0.05) is 30.3 Å². The summed E-state index contributed by atoms with van der Waals surface area (Å²) < 4.78 is 40.8. The zero-order chi connectivity index (χ0) is 24.5. The number of benzene rings is 1. The zero-order valence-electron chi connectivity index (χ0n) is 18.6. The molecule has 6 nitrogen and oxygen atoms in total. The van der Waals surface area contributed by atoms with Crippen LogP contribution in [-0.2, 0) is 17.5 Å². The van der Waals surface area contributed by atoms with Crippen LogP contribution in [0.3, 0.4) is 0 Å². The number of nitrogens with one attached hydrogen (secondary N) is 1. The largest absolute Gasteiger partial charge is 0.433 e. The Labute approximate surface area is 198 Å². The Kier molecular flexibility index (Phi) is 6.59. The van der Waals surface area contributed by atoms with E-state index in [0.717, 1.165) is 10.4 Å². The molecule has 0 spiro atoms. The van der Waals surface area contributed by atoms with Crippen molar-refractivity contribution in [2.75, 3.05) is 27.2 Å². The molecule has 1 aromatic carbocycles. The summed E-state index contributed by atoms with van der Waals surface area (Å²) in [5.74, 6) is -0.568. The number of carbonyl (C=O) groups is 1. The molecule has 1 amide bonds. The molecule has 0 bridgehead atoms. The molecule has 1 aliphatic heterocycles. The van der Waals surface area contributed by atoms with Gasteiger partial charge in [-0.3, -0.25) is 9.89 Å². The molecule has 1 atom stereocenters. The molecule has 3 aromatic rings. The summed E-state index contributed by atoms with van der Waals surface area (Å²) in [4.78, 5) is 17.9. The van der Waals surface area contributed by atoms with Crippen molar-refractivity contribution < 1.29 is 18.0 Å². The Morgan fingerprint density at radius 2 is 2.09 bits per heavy atom. The monoisotopic (exact) mass is 485 g/mol.